The number of hydrogen-bond donors (Lipinski definition) is 2. The van der Waals surface area contributed by atoms with Crippen LogP contribution in [-0.2, 0) is 11.8 Å². The monoisotopic (exact) mass is 294 g/mol. The predicted molar refractivity (Wildman–Crippen MR) is 82.2 cm³/mol. The van der Waals surface area contributed by atoms with Crippen molar-refractivity contribution in [2.24, 2.45) is 7.05 Å². The van der Waals surface area contributed by atoms with Crippen LogP contribution in [0.1, 0.15) is 37.1 Å². The van der Waals surface area contributed by atoms with E-state index in [1.54, 1.807) is 4.68 Å². The quantitative estimate of drug-likeness (QED) is 0.876. The molecule has 2 N–H and O–H groups in total. The molecule has 1 aliphatic carbocycles. The number of rotatable bonds is 4. The highest BCUT2D eigenvalue weighted by Gasteiger charge is 2.27. The maximum absolute atomic E-state index is 12.2. The van der Waals surface area contributed by atoms with Gasteiger partial charge in [-0.2, -0.15) is 5.10 Å². The summed E-state index contributed by atoms with van der Waals surface area (Å²) in [5.74, 6) is -0.0607. The summed E-state index contributed by atoms with van der Waals surface area (Å²) in [7, 11) is 3.77. The lowest BCUT2D eigenvalue weighted by Crippen LogP contribution is -2.46. The molecule has 0 saturated heterocycles. The van der Waals surface area contributed by atoms with Crippen LogP contribution in [0.3, 0.4) is 0 Å². The Hall–Kier alpha value is -1.40. The van der Waals surface area contributed by atoms with Gasteiger partial charge in [0.2, 0.25) is 5.91 Å². The zero-order chi connectivity index (χ0) is 15.6. The molecule has 118 valence electrons. The average molecular weight is 294 g/mol. The Morgan fingerprint density at radius 3 is 2.67 bits per heavy atom. The number of aliphatic hydroxyl groups is 1. The number of carbonyl (C=O) groups excluding carboxylic acids is 1. The van der Waals surface area contributed by atoms with Crippen LogP contribution in [0.2, 0.25) is 0 Å². The Labute approximate surface area is 126 Å². The largest absolute Gasteiger partial charge is 0.391 e. The molecular weight excluding hydrogens is 268 g/mol. The van der Waals surface area contributed by atoms with Crippen LogP contribution in [0, 0.1) is 13.8 Å². The van der Waals surface area contributed by atoms with E-state index in [4.69, 9.17) is 0 Å². The number of likely N-dealkylation sites (N-methyl/N-ethyl adjacent to an activating group) is 1. The van der Waals surface area contributed by atoms with Crippen molar-refractivity contribution in [1.29, 1.82) is 0 Å². The van der Waals surface area contributed by atoms with Gasteiger partial charge < -0.3 is 10.4 Å². The number of aryl methyl sites for hydroxylation is 2. The third kappa shape index (κ3) is 3.63. The molecule has 0 radical (unpaired) electrons. The Morgan fingerprint density at radius 2 is 2.10 bits per heavy atom. The smallest absolute Gasteiger partial charge is 0.238 e. The van der Waals surface area contributed by atoms with Gasteiger partial charge in [-0.3, -0.25) is 14.4 Å². The third-order valence-electron chi connectivity index (χ3n) is 4.43. The van der Waals surface area contributed by atoms with Gasteiger partial charge >= 0.3 is 0 Å². The summed E-state index contributed by atoms with van der Waals surface area (Å²) >= 11 is 0. The van der Waals surface area contributed by atoms with Gasteiger partial charge in [0.15, 0.2) is 0 Å². The first-order valence-corrected chi connectivity index (χ1v) is 7.58. The second-order valence-corrected chi connectivity index (χ2v) is 6.05. The summed E-state index contributed by atoms with van der Waals surface area (Å²) in [4.78, 5) is 14.2. The molecule has 1 heterocycles. The number of aliphatic hydroxyl groups excluding tert-OH is 1. The number of nitrogens with zero attached hydrogens (tertiary/aromatic N) is 3. The fraction of sp³-hybridized carbons (Fsp3) is 0.733. The Kier molecular flexibility index (Phi) is 5.00. The third-order valence-corrected chi connectivity index (χ3v) is 4.43. The lowest BCUT2D eigenvalue weighted by Gasteiger charge is -2.34. The molecule has 0 bridgehead atoms. The molecule has 2 rings (SSSR count). The van der Waals surface area contributed by atoms with Gasteiger partial charge in [0.1, 0.15) is 0 Å². The Morgan fingerprint density at radius 1 is 1.43 bits per heavy atom. The number of hydrogen-bond acceptors (Lipinski definition) is 4. The van der Waals surface area contributed by atoms with Gasteiger partial charge in [0.25, 0.3) is 0 Å². The zero-order valence-electron chi connectivity index (χ0n) is 13.4. The van der Waals surface area contributed by atoms with E-state index < -0.39 is 0 Å². The highest BCUT2D eigenvalue weighted by atomic mass is 16.3. The van der Waals surface area contributed by atoms with Crippen molar-refractivity contribution in [3.05, 3.63) is 11.4 Å². The minimum atomic E-state index is -0.321. The molecule has 6 nitrogen and oxygen atoms in total. The van der Waals surface area contributed by atoms with Gasteiger partial charge in [-0.15, -0.1) is 0 Å². The zero-order valence-corrected chi connectivity index (χ0v) is 13.4. The predicted octanol–water partition coefficient (Wildman–Crippen LogP) is 1.21. The SMILES string of the molecule is Cc1nn(C)c(C)c1NC(=O)CN(C)C1CCCCC1O. The molecule has 1 aliphatic rings. The van der Waals surface area contributed by atoms with Crippen LogP contribution in [0.15, 0.2) is 0 Å². The molecule has 2 unspecified atom stereocenters. The van der Waals surface area contributed by atoms with Crippen LogP contribution in [0.4, 0.5) is 5.69 Å². The highest BCUT2D eigenvalue weighted by Crippen LogP contribution is 2.23. The van der Waals surface area contributed by atoms with Gasteiger partial charge in [0, 0.05) is 13.1 Å². The van der Waals surface area contributed by atoms with Crippen molar-refractivity contribution in [2.45, 2.75) is 51.7 Å². The number of amides is 1. The average Bonchev–Trinajstić information content (AvgIpc) is 2.65. The molecule has 1 saturated carbocycles. The molecule has 0 spiro atoms. The van der Waals surface area contributed by atoms with Crippen molar-refractivity contribution in [3.8, 4) is 0 Å². The fourth-order valence-corrected chi connectivity index (χ4v) is 3.08. The molecule has 1 fully saturated rings. The summed E-state index contributed by atoms with van der Waals surface area (Å²) in [6.45, 7) is 4.11. The van der Waals surface area contributed by atoms with E-state index in [1.807, 2.05) is 32.8 Å². The lowest BCUT2D eigenvalue weighted by molar-refractivity contribution is -0.118. The van der Waals surface area contributed by atoms with Gasteiger partial charge in [-0.1, -0.05) is 12.8 Å². The highest BCUT2D eigenvalue weighted by molar-refractivity contribution is 5.93. The van der Waals surface area contributed by atoms with Crippen LogP contribution in [0.5, 0.6) is 0 Å². The molecule has 2 atom stereocenters. The molecule has 1 aromatic rings. The van der Waals surface area contributed by atoms with Crippen molar-refractivity contribution in [3.63, 3.8) is 0 Å². The van der Waals surface area contributed by atoms with Crippen LogP contribution < -0.4 is 5.32 Å². The van der Waals surface area contributed by atoms with Gasteiger partial charge in [-0.05, 0) is 33.7 Å². The first-order valence-electron chi connectivity index (χ1n) is 7.58. The minimum absolute atomic E-state index is 0.0607. The summed E-state index contributed by atoms with van der Waals surface area (Å²) in [6, 6.07) is 0.0839. The van der Waals surface area contributed by atoms with Gasteiger partial charge in [0.05, 0.1) is 29.7 Å². The second-order valence-electron chi connectivity index (χ2n) is 6.05. The van der Waals surface area contributed by atoms with Crippen molar-refractivity contribution in [1.82, 2.24) is 14.7 Å². The standard InChI is InChI=1S/C15H26N4O2/c1-10-15(11(2)19(4)17-10)16-14(21)9-18(3)12-7-5-6-8-13(12)20/h12-13,20H,5-9H2,1-4H3,(H,16,21). The van der Waals surface area contributed by atoms with E-state index in [0.717, 1.165) is 42.8 Å². The summed E-state index contributed by atoms with van der Waals surface area (Å²) in [5.41, 5.74) is 2.56. The van der Waals surface area contributed by atoms with Crippen LogP contribution >= 0.6 is 0 Å². The van der Waals surface area contributed by atoms with E-state index in [9.17, 15) is 9.90 Å². The topological polar surface area (TPSA) is 70.4 Å². The maximum Gasteiger partial charge on any atom is 0.238 e. The Bertz CT molecular complexity index is 512. The van der Waals surface area contributed by atoms with Crippen LogP contribution in [-0.4, -0.2) is 51.4 Å². The molecular formula is C15H26N4O2. The summed E-state index contributed by atoms with van der Waals surface area (Å²) < 4.78 is 1.76. The lowest BCUT2D eigenvalue weighted by atomic mass is 9.91. The minimum Gasteiger partial charge on any atom is -0.391 e. The number of aromatic nitrogens is 2. The molecule has 1 aromatic heterocycles. The summed E-state index contributed by atoms with van der Waals surface area (Å²) in [5, 5.41) is 17.3. The second kappa shape index (κ2) is 6.58. The van der Waals surface area contributed by atoms with E-state index in [2.05, 4.69) is 10.4 Å². The van der Waals surface area contributed by atoms with E-state index in [1.165, 1.54) is 0 Å². The van der Waals surface area contributed by atoms with Crippen molar-refractivity contribution in [2.75, 3.05) is 18.9 Å². The number of carbonyl (C=O) groups is 1. The Balaban J connectivity index is 1.95. The first kappa shape index (κ1) is 16.0. The summed E-state index contributed by atoms with van der Waals surface area (Å²) in [6.07, 6.45) is 3.66. The number of anilines is 1. The van der Waals surface area contributed by atoms with Gasteiger partial charge in [-0.25, -0.2) is 0 Å². The first-order chi connectivity index (χ1) is 9.90. The normalized spacial score (nSPS) is 22.6. The molecule has 1 amide bonds. The molecule has 0 aliphatic heterocycles. The van der Waals surface area contributed by atoms with Crippen molar-refractivity contribution >= 4 is 11.6 Å². The number of nitrogens with one attached hydrogen (secondary N) is 1. The van der Waals surface area contributed by atoms with Crippen LogP contribution in [0.25, 0.3) is 0 Å². The molecule has 6 heteroatoms. The molecule has 21 heavy (non-hydrogen) atoms. The fourth-order valence-electron chi connectivity index (χ4n) is 3.08. The maximum atomic E-state index is 12.2. The van der Waals surface area contributed by atoms with E-state index >= 15 is 0 Å². The van der Waals surface area contributed by atoms with Crippen molar-refractivity contribution < 1.29 is 9.90 Å². The van der Waals surface area contributed by atoms with E-state index in [0.29, 0.717) is 0 Å². The van der Waals surface area contributed by atoms with E-state index in [-0.39, 0.29) is 24.6 Å². The molecule has 0 aromatic carbocycles.